The molecule has 166 valence electrons. The van der Waals surface area contributed by atoms with E-state index in [0.29, 0.717) is 17.1 Å². The molecule has 0 aliphatic heterocycles. The Morgan fingerprint density at radius 2 is 1.75 bits per heavy atom. The highest BCUT2D eigenvalue weighted by Crippen LogP contribution is 2.20. The van der Waals surface area contributed by atoms with E-state index >= 15 is 0 Å². The average molecular weight is 441 g/mol. The van der Waals surface area contributed by atoms with Crippen LogP contribution in [-0.2, 0) is 16.1 Å². The number of carbonyl (C=O) groups is 2. The first-order valence-corrected chi connectivity index (χ1v) is 9.63. The van der Waals surface area contributed by atoms with E-state index in [2.05, 4.69) is 4.98 Å². The number of ether oxygens (including phenoxy) is 3. The number of esters is 2. The summed E-state index contributed by atoms with van der Waals surface area (Å²) >= 11 is 0. The van der Waals surface area contributed by atoms with Gasteiger partial charge in [0.15, 0.2) is 5.69 Å². The monoisotopic (exact) mass is 441 g/mol. The minimum absolute atomic E-state index is 0.0257. The maximum Gasteiger partial charge on any atom is 0.407 e. The van der Waals surface area contributed by atoms with Crippen LogP contribution in [0.15, 0.2) is 42.5 Å². The number of hydrogen-bond donors (Lipinski definition) is 0. The summed E-state index contributed by atoms with van der Waals surface area (Å²) in [5.41, 5.74) is -0.274. The van der Waals surface area contributed by atoms with Crippen LogP contribution in [0.25, 0.3) is 11.0 Å². The Hall–Kier alpha value is -4.28. The molecule has 2 aromatic carbocycles. The molecular formula is C21H19N3O8. The van der Waals surface area contributed by atoms with Crippen molar-refractivity contribution in [1.29, 1.82) is 0 Å². The van der Waals surface area contributed by atoms with E-state index < -0.39 is 29.2 Å². The molecule has 0 saturated heterocycles. The number of hydrogen-bond acceptors (Lipinski definition) is 9. The molecule has 1 heterocycles. The van der Waals surface area contributed by atoms with Crippen molar-refractivity contribution in [2.24, 2.45) is 0 Å². The van der Waals surface area contributed by atoms with Gasteiger partial charge in [0.1, 0.15) is 17.9 Å². The summed E-state index contributed by atoms with van der Waals surface area (Å²) in [6.45, 7) is 3.30. The highest BCUT2D eigenvalue weighted by atomic mass is 16.6. The van der Waals surface area contributed by atoms with Crippen molar-refractivity contribution in [2.75, 3.05) is 13.2 Å². The largest absolute Gasteiger partial charge is 0.618 e. The van der Waals surface area contributed by atoms with Gasteiger partial charge >= 0.3 is 17.6 Å². The van der Waals surface area contributed by atoms with Gasteiger partial charge in [-0.15, -0.1) is 0 Å². The first-order valence-electron chi connectivity index (χ1n) is 9.63. The van der Waals surface area contributed by atoms with Gasteiger partial charge < -0.3 is 19.4 Å². The lowest BCUT2D eigenvalue weighted by molar-refractivity contribution is -0.581. The molecule has 0 unspecified atom stereocenters. The van der Waals surface area contributed by atoms with Crippen molar-refractivity contribution in [1.82, 2.24) is 4.98 Å². The SMILES string of the molecule is CCOC(=O)c1c(COC(=O)c2ccc([N+](=O)[O-])cc2)nc2ccc(OCC)cc2[n+]1[O-]. The van der Waals surface area contributed by atoms with Crippen LogP contribution in [0.2, 0.25) is 0 Å². The average Bonchev–Trinajstić information content (AvgIpc) is 2.78. The predicted molar refractivity (Wildman–Crippen MR) is 110 cm³/mol. The number of fused-ring (bicyclic) bond motifs is 1. The molecular weight excluding hydrogens is 422 g/mol. The van der Waals surface area contributed by atoms with Gasteiger partial charge in [0.05, 0.1) is 29.8 Å². The van der Waals surface area contributed by atoms with Crippen molar-refractivity contribution in [3.63, 3.8) is 0 Å². The molecule has 3 aromatic rings. The van der Waals surface area contributed by atoms with Crippen LogP contribution < -0.4 is 9.47 Å². The van der Waals surface area contributed by atoms with Gasteiger partial charge in [-0.1, -0.05) is 0 Å². The number of aromatic nitrogens is 2. The number of nitro benzene ring substituents is 1. The highest BCUT2D eigenvalue weighted by molar-refractivity contribution is 5.90. The minimum Gasteiger partial charge on any atom is -0.618 e. The fourth-order valence-electron chi connectivity index (χ4n) is 2.89. The van der Waals surface area contributed by atoms with Crippen LogP contribution in [0.1, 0.15) is 40.4 Å². The summed E-state index contributed by atoms with van der Waals surface area (Å²) in [7, 11) is 0. The van der Waals surface area contributed by atoms with Crippen LogP contribution in [0.4, 0.5) is 5.69 Å². The Morgan fingerprint density at radius 1 is 1.03 bits per heavy atom. The zero-order valence-electron chi connectivity index (χ0n) is 17.3. The molecule has 0 N–H and O–H groups in total. The predicted octanol–water partition coefficient (Wildman–Crippen LogP) is 2.71. The van der Waals surface area contributed by atoms with Crippen molar-refractivity contribution < 1.29 is 33.5 Å². The topological polar surface area (TPSA) is 145 Å². The lowest BCUT2D eigenvalue weighted by atomic mass is 10.2. The van der Waals surface area contributed by atoms with E-state index in [1.54, 1.807) is 26.0 Å². The first kappa shape index (κ1) is 22.4. The Labute approximate surface area is 181 Å². The van der Waals surface area contributed by atoms with E-state index in [4.69, 9.17) is 14.2 Å². The molecule has 0 bridgehead atoms. The van der Waals surface area contributed by atoms with Crippen molar-refractivity contribution in [3.05, 3.63) is 74.7 Å². The molecule has 0 fully saturated rings. The Bertz CT molecular complexity index is 1180. The third kappa shape index (κ3) is 4.72. The Morgan fingerprint density at radius 3 is 2.38 bits per heavy atom. The van der Waals surface area contributed by atoms with Crippen LogP contribution in [-0.4, -0.2) is 35.1 Å². The third-order valence-electron chi connectivity index (χ3n) is 4.33. The van der Waals surface area contributed by atoms with E-state index in [1.807, 2.05) is 0 Å². The summed E-state index contributed by atoms with van der Waals surface area (Å²) in [6, 6.07) is 9.43. The fourth-order valence-corrected chi connectivity index (χ4v) is 2.89. The van der Waals surface area contributed by atoms with Gasteiger partial charge in [0.2, 0.25) is 5.52 Å². The molecule has 0 atom stereocenters. The quantitative estimate of drug-likeness (QED) is 0.169. The summed E-state index contributed by atoms with van der Waals surface area (Å²) < 4.78 is 15.9. The molecule has 0 amide bonds. The van der Waals surface area contributed by atoms with Gasteiger partial charge in [0, 0.05) is 12.1 Å². The van der Waals surface area contributed by atoms with E-state index in [-0.39, 0.29) is 34.6 Å². The van der Waals surface area contributed by atoms with Crippen molar-refractivity contribution >= 4 is 28.7 Å². The van der Waals surface area contributed by atoms with Gasteiger partial charge in [0.25, 0.3) is 5.69 Å². The number of benzene rings is 2. The summed E-state index contributed by atoms with van der Waals surface area (Å²) in [5.74, 6) is -1.29. The lowest BCUT2D eigenvalue weighted by Crippen LogP contribution is -2.39. The van der Waals surface area contributed by atoms with E-state index in [0.717, 1.165) is 12.1 Å². The second-order valence-electron chi connectivity index (χ2n) is 6.39. The Kier molecular flexibility index (Phi) is 6.78. The molecule has 0 aliphatic carbocycles. The lowest BCUT2D eigenvalue weighted by Gasteiger charge is -2.12. The molecule has 32 heavy (non-hydrogen) atoms. The van der Waals surface area contributed by atoms with Gasteiger partial charge in [-0.3, -0.25) is 10.1 Å². The highest BCUT2D eigenvalue weighted by Gasteiger charge is 2.29. The number of nitro groups is 1. The van der Waals surface area contributed by atoms with Crippen LogP contribution in [0.3, 0.4) is 0 Å². The number of nitrogens with zero attached hydrogens (tertiary/aromatic N) is 3. The van der Waals surface area contributed by atoms with E-state index in [9.17, 15) is 24.9 Å². The smallest absolute Gasteiger partial charge is 0.407 e. The fraction of sp³-hybridized carbons (Fsp3) is 0.238. The summed E-state index contributed by atoms with van der Waals surface area (Å²) in [4.78, 5) is 39.2. The van der Waals surface area contributed by atoms with Gasteiger partial charge in [-0.05, 0) is 38.1 Å². The summed E-state index contributed by atoms with van der Waals surface area (Å²) in [5, 5.41) is 23.7. The minimum atomic E-state index is -0.917. The molecule has 0 radical (unpaired) electrons. The zero-order chi connectivity index (χ0) is 23.3. The zero-order valence-corrected chi connectivity index (χ0v) is 17.3. The number of rotatable bonds is 8. The second kappa shape index (κ2) is 9.69. The van der Waals surface area contributed by atoms with Crippen LogP contribution in [0, 0.1) is 15.3 Å². The molecule has 3 rings (SSSR count). The third-order valence-corrected chi connectivity index (χ3v) is 4.33. The van der Waals surface area contributed by atoms with E-state index in [1.165, 1.54) is 18.2 Å². The molecule has 0 spiro atoms. The van der Waals surface area contributed by atoms with Crippen molar-refractivity contribution in [3.8, 4) is 5.75 Å². The molecule has 0 saturated carbocycles. The standard InChI is InChI=1S/C21H19N3O8/c1-3-30-15-9-10-16-18(11-15)23(27)19(21(26)31-4-2)17(22-16)12-32-20(25)13-5-7-14(8-6-13)24(28)29/h5-11H,3-4,12H2,1-2H3. The van der Waals surface area contributed by atoms with Crippen LogP contribution >= 0.6 is 0 Å². The maximum absolute atomic E-state index is 13.0. The van der Waals surface area contributed by atoms with Crippen LogP contribution in [0.5, 0.6) is 5.75 Å². The van der Waals surface area contributed by atoms with Crippen molar-refractivity contribution in [2.45, 2.75) is 20.5 Å². The summed E-state index contributed by atoms with van der Waals surface area (Å²) in [6.07, 6.45) is 0. The number of carbonyl (C=O) groups excluding carboxylic acids is 2. The molecule has 1 aromatic heterocycles. The number of non-ortho nitro benzene ring substituents is 1. The van der Waals surface area contributed by atoms with Gasteiger partial charge in [-0.2, -0.15) is 4.73 Å². The van der Waals surface area contributed by atoms with Gasteiger partial charge in [-0.25, -0.2) is 14.6 Å². The Balaban J connectivity index is 1.94. The second-order valence-corrected chi connectivity index (χ2v) is 6.39. The molecule has 0 aliphatic rings. The molecule has 11 nitrogen and oxygen atoms in total. The molecule has 11 heteroatoms. The first-order chi connectivity index (χ1) is 15.3. The normalized spacial score (nSPS) is 10.6. The maximum atomic E-state index is 13.0.